The first-order valence-electron chi connectivity index (χ1n) is 16.9. The molecule has 3 aliphatic heterocycles. The molecule has 4 fully saturated rings. The van der Waals surface area contributed by atoms with Gasteiger partial charge in [-0.1, -0.05) is 62.8 Å². The maximum Gasteiger partial charge on any atom is 0.490 e. The summed E-state index contributed by atoms with van der Waals surface area (Å²) in [5.41, 5.74) is 1.28. The van der Waals surface area contributed by atoms with E-state index in [-0.39, 0.29) is 17.6 Å². The maximum absolute atomic E-state index is 13.3. The molecule has 1 aromatic carbocycles. The molecule has 1 saturated carbocycles. The number of amides is 2. The molecule has 3 heterocycles. The predicted octanol–water partition coefficient (Wildman–Crippen LogP) is 7.56. The number of aryl methyl sites for hydroxylation is 1. The molecule has 12 heteroatoms. The Labute approximate surface area is 275 Å². The van der Waals surface area contributed by atoms with Crippen molar-refractivity contribution < 1.29 is 37.4 Å². The largest absolute Gasteiger partial charge is 0.490 e. The van der Waals surface area contributed by atoms with Crippen LogP contribution in [0.2, 0.25) is 5.02 Å². The van der Waals surface area contributed by atoms with Crippen molar-refractivity contribution in [1.29, 1.82) is 0 Å². The van der Waals surface area contributed by atoms with E-state index in [4.69, 9.17) is 26.2 Å². The zero-order valence-electron chi connectivity index (χ0n) is 27.1. The molecule has 2 amide bonds. The van der Waals surface area contributed by atoms with Gasteiger partial charge >= 0.3 is 18.2 Å². The van der Waals surface area contributed by atoms with Gasteiger partial charge in [-0.15, -0.1) is 0 Å². The van der Waals surface area contributed by atoms with Crippen molar-refractivity contribution in [2.45, 2.75) is 109 Å². The quantitative estimate of drug-likeness (QED) is 0.322. The Morgan fingerprint density at radius 1 is 1.04 bits per heavy atom. The molecule has 5 rings (SSSR count). The summed E-state index contributed by atoms with van der Waals surface area (Å²) in [6.07, 6.45) is 8.67. The Hall–Kier alpha value is -2.53. The molecule has 3 saturated heterocycles. The number of carbonyl (C=O) groups excluding carboxylic acids is 2. The summed E-state index contributed by atoms with van der Waals surface area (Å²) in [6, 6.07) is 6.14. The molecular formula is C34H49ClF3N3O5. The minimum absolute atomic E-state index is 0.0554. The second-order valence-electron chi connectivity index (χ2n) is 13.5. The van der Waals surface area contributed by atoms with E-state index in [9.17, 15) is 22.8 Å². The van der Waals surface area contributed by atoms with E-state index in [0.717, 1.165) is 76.9 Å². The van der Waals surface area contributed by atoms with Crippen LogP contribution in [0.5, 0.6) is 0 Å². The van der Waals surface area contributed by atoms with Crippen LogP contribution in [0.1, 0.15) is 99.9 Å². The molecule has 1 aromatic rings. The number of carboxylic acid groups (broad SMARTS) is 1. The van der Waals surface area contributed by atoms with Gasteiger partial charge in [0.2, 0.25) is 0 Å². The molecule has 1 atom stereocenters. The molecule has 46 heavy (non-hydrogen) atoms. The Morgan fingerprint density at radius 3 is 2.24 bits per heavy atom. The van der Waals surface area contributed by atoms with Crippen LogP contribution in [0.3, 0.4) is 0 Å². The number of hydrogen-bond donors (Lipinski definition) is 1. The van der Waals surface area contributed by atoms with Crippen molar-refractivity contribution in [3.8, 4) is 0 Å². The fourth-order valence-electron chi connectivity index (χ4n) is 7.74. The number of carbonyl (C=O) groups is 3. The van der Waals surface area contributed by atoms with Crippen molar-refractivity contribution >= 4 is 29.6 Å². The van der Waals surface area contributed by atoms with Crippen molar-refractivity contribution in [3.05, 3.63) is 34.3 Å². The standard InChI is InChI=1S/C32H48ClN3O3.C2HF3O2/c1-3-4-12-26-23-36(22-25-10-6-5-7-11-25)31(38)39-32(26)16-20-34(21-17-32)27-14-18-35(19-15-27)30(37)29-24(2)9-8-13-28(29)33;3-2(4,5)1(6)7/h8-9,13,25-27H,3-7,10-12,14-23H2,1-2H3;(H,6,7). The van der Waals surface area contributed by atoms with Crippen molar-refractivity contribution in [3.63, 3.8) is 0 Å². The minimum Gasteiger partial charge on any atom is -0.475 e. The normalized spacial score (nSPS) is 23.1. The van der Waals surface area contributed by atoms with Gasteiger partial charge in [0, 0.05) is 64.1 Å². The lowest BCUT2D eigenvalue weighted by Crippen LogP contribution is -2.61. The average molecular weight is 672 g/mol. The van der Waals surface area contributed by atoms with Crippen LogP contribution in [-0.2, 0) is 9.53 Å². The summed E-state index contributed by atoms with van der Waals surface area (Å²) in [7, 11) is 0. The summed E-state index contributed by atoms with van der Waals surface area (Å²) in [5, 5.41) is 7.67. The van der Waals surface area contributed by atoms with Gasteiger partial charge in [0.05, 0.1) is 10.6 Å². The average Bonchev–Trinajstić information content (AvgIpc) is 3.02. The highest BCUT2D eigenvalue weighted by Crippen LogP contribution is 2.42. The fourth-order valence-corrected chi connectivity index (χ4v) is 8.04. The monoisotopic (exact) mass is 671 g/mol. The van der Waals surface area contributed by atoms with E-state index < -0.39 is 12.1 Å². The number of piperidine rings is 2. The van der Waals surface area contributed by atoms with Crippen LogP contribution in [0, 0.1) is 18.8 Å². The Balaban J connectivity index is 0.000000617. The smallest absolute Gasteiger partial charge is 0.475 e. The number of halogens is 4. The van der Waals surface area contributed by atoms with E-state index in [1.165, 1.54) is 44.9 Å². The molecule has 8 nitrogen and oxygen atoms in total. The number of hydrogen-bond acceptors (Lipinski definition) is 5. The first-order valence-corrected chi connectivity index (χ1v) is 17.3. The third-order valence-corrected chi connectivity index (χ3v) is 10.7. The zero-order chi connectivity index (χ0) is 33.5. The van der Waals surface area contributed by atoms with Gasteiger partial charge in [-0.3, -0.25) is 9.69 Å². The highest BCUT2D eigenvalue weighted by Gasteiger charge is 2.50. The molecule has 1 spiro atoms. The van der Waals surface area contributed by atoms with Crippen molar-refractivity contribution in [2.75, 3.05) is 39.3 Å². The minimum atomic E-state index is -5.08. The second kappa shape index (κ2) is 16.0. The highest BCUT2D eigenvalue weighted by molar-refractivity contribution is 6.34. The second-order valence-corrected chi connectivity index (χ2v) is 13.9. The van der Waals surface area contributed by atoms with Gasteiger partial charge in [0.15, 0.2) is 0 Å². The number of carboxylic acids is 1. The number of aliphatic carboxylic acids is 1. The van der Waals surface area contributed by atoms with Crippen LogP contribution >= 0.6 is 11.6 Å². The Morgan fingerprint density at radius 2 is 1.67 bits per heavy atom. The van der Waals surface area contributed by atoms with Gasteiger partial charge < -0.3 is 19.6 Å². The summed E-state index contributed by atoms with van der Waals surface area (Å²) < 4.78 is 38.2. The van der Waals surface area contributed by atoms with Crippen LogP contribution in [0.25, 0.3) is 0 Å². The summed E-state index contributed by atoms with van der Waals surface area (Å²) in [4.78, 5) is 42.0. The molecule has 0 radical (unpaired) electrons. The van der Waals surface area contributed by atoms with Gasteiger partial charge in [-0.2, -0.15) is 13.2 Å². The number of likely N-dealkylation sites (tertiary alicyclic amines) is 2. The van der Waals surface area contributed by atoms with Crippen molar-refractivity contribution in [2.24, 2.45) is 11.8 Å². The zero-order valence-corrected chi connectivity index (χ0v) is 27.9. The number of ether oxygens (including phenoxy) is 1. The summed E-state index contributed by atoms with van der Waals surface area (Å²) >= 11 is 6.38. The van der Waals surface area contributed by atoms with E-state index >= 15 is 0 Å². The van der Waals surface area contributed by atoms with E-state index in [2.05, 4.69) is 16.7 Å². The number of alkyl halides is 3. The molecule has 1 unspecified atom stereocenters. The predicted molar refractivity (Wildman–Crippen MR) is 170 cm³/mol. The lowest BCUT2D eigenvalue weighted by atomic mass is 9.75. The highest BCUT2D eigenvalue weighted by atomic mass is 35.5. The first-order chi connectivity index (χ1) is 21.8. The topological polar surface area (TPSA) is 90.4 Å². The molecule has 258 valence electrons. The number of nitrogens with zero attached hydrogens (tertiary/aromatic N) is 3. The van der Waals surface area contributed by atoms with E-state index in [1.54, 1.807) is 6.07 Å². The molecule has 1 N–H and O–H groups in total. The molecular weight excluding hydrogens is 623 g/mol. The third-order valence-electron chi connectivity index (χ3n) is 10.4. The van der Waals surface area contributed by atoms with Gasteiger partial charge in [-0.25, -0.2) is 9.59 Å². The summed E-state index contributed by atoms with van der Waals surface area (Å²) in [5.74, 6) is -1.62. The maximum atomic E-state index is 13.3. The van der Waals surface area contributed by atoms with E-state index in [0.29, 0.717) is 28.5 Å². The van der Waals surface area contributed by atoms with Crippen LogP contribution in [0.4, 0.5) is 18.0 Å². The van der Waals surface area contributed by atoms with Crippen LogP contribution < -0.4 is 0 Å². The van der Waals surface area contributed by atoms with Crippen molar-refractivity contribution in [1.82, 2.24) is 14.7 Å². The third kappa shape index (κ3) is 9.08. The Bertz CT molecular complexity index is 1170. The molecule has 0 bridgehead atoms. The number of unbranched alkanes of at least 4 members (excludes halogenated alkanes) is 1. The van der Waals surface area contributed by atoms with Gasteiger partial charge in [0.25, 0.3) is 5.91 Å². The lowest BCUT2D eigenvalue weighted by Gasteiger charge is -2.52. The molecule has 1 aliphatic carbocycles. The number of benzene rings is 1. The fraction of sp³-hybridized carbons (Fsp3) is 0.735. The molecule has 0 aromatic heterocycles. The SMILES string of the molecule is CCCCC1CN(CC2CCCCC2)C(=O)OC12CCN(C1CCN(C(=O)c3c(C)cccc3Cl)CC1)CC2.O=C(O)C(F)(F)F. The van der Waals surface area contributed by atoms with Crippen LogP contribution in [-0.4, -0.2) is 94.9 Å². The number of rotatable bonds is 7. The van der Waals surface area contributed by atoms with Crippen LogP contribution in [0.15, 0.2) is 18.2 Å². The molecule has 4 aliphatic rings. The summed E-state index contributed by atoms with van der Waals surface area (Å²) in [6.45, 7) is 9.44. The van der Waals surface area contributed by atoms with Gasteiger partial charge in [0.1, 0.15) is 5.60 Å². The Kier molecular flexibility index (Phi) is 12.7. The first kappa shape index (κ1) is 36.3. The lowest BCUT2D eigenvalue weighted by molar-refractivity contribution is -0.192. The van der Waals surface area contributed by atoms with E-state index in [1.807, 2.05) is 24.0 Å². The van der Waals surface area contributed by atoms with Gasteiger partial charge in [-0.05, 0) is 56.6 Å².